The van der Waals surface area contributed by atoms with Crippen molar-refractivity contribution >= 4 is 11.9 Å². The molecule has 0 aromatic heterocycles. The van der Waals surface area contributed by atoms with Crippen LogP contribution in [0, 0.1) is 0 Å². The van der Waals surface area contributed by atoms with Crippen molar-refractivity contribution in [2.75, 3.05) is 60.5 Å². The average Bonchev–Trinajstić information content (AvgIpc) is 3.14. The second kappa shape index (κ2) is 50.7. The fourth-order valence-electron chi connectivity index (χ4n) is 5.64. The van der Waals surface area contributed by atoms with E-state index in [-0.39, 0.29) is 18.0 Å². The van der Waals surface area contributed by atoms with Crippen LogP contribution in [-0.4, -0.2) is 89.7 Å². The number of hydrogen-bond acceptors (Lipinski definition) is 9. The molecule has 9 heteroatoms. The van der Waals surface area contributed by atoms with E-state index in [0.29, 0.717) is 45.9 Å². The van der Waals surface area contributed by atoms with Crippen molar-refractivity contribution in [3.05, 3.63) is 0 Å². The molecule has 0 amide bonds. The first-order valence-corrected chi connectivity index (χ1v) is 22.0. The highest BCUT2D eigenvalue weighted by molar-refractivity contribution is 5.69. The van der Waals surface area contributed by atoms with Gasteiger partial charge >= 0.3 is 11.9 Å². The van der Waals surface area contributed by atoms with Crippen molar-refractivity contribution in [1.29, 1.82) is 0 Å². The maximum absolute atomic E-state index is 11.1. The van der Waals surface area contributed by atoms with Gasteiger partial charge in [-0.1, -0.05) is 143 Å². The number of rotatable bonds is 38. The van der Waals surface area contributed by atoms with E-state index in [1.54, 1.807) is 14.2 Å². The highest BCUT2D eigenvalue weighted by atomic mass is 16.5. The van der Waals surface area contributed by atoms with E-state index < -0.39 is 6.10 Å². The standard InChI is InChI=1S/C20H42O3.C14H28O4.C10H20O2/c1-3-4-5-6-7-8-9-10-11-12-13-14-15-16-17-23-19-20(21)18-22-2;1-4-13(12-16-3)18-11-9-7-6-8-10-14(15)17-5-2;1-3-5-6-7-8-9-10(11)12-4-2/h20-21H,3-19H2,1-2H3;13H,4-12H2,1-3H3;3-9H2,1-2H3. The Morgan fingerprint density at radius 3 is 1.23 bits per heavy atom. The number of esters is 2. The molecule has 0 radical (unpaired) electrons. The van der Waals surface area contributed by atoms with E-state index in [9.17, 15) is 14.7 Å². The largest absolute Gasteiger partial charge is 0.466 e. The highest BCUT2D eigenvalue weighted by Gasteiger charge is 2.06. The molecule has 0 saturated carbocycles. The molecule has 0 aliphatic heterocycles. The normalized spacial score (nSPS) is 11.9. The lowest BCUT2D eigenvalue weighted by Gasteiger charge is -2.14. The van der Waals surface area contributed by atoms with Crippen molar-refractivity contribution in [1.82, 2.24) is 0 Å². The molecule has 0 aromatic rings. The minimum atomic E-state index is -0.480. The van der Waals surface area contributed by atoms with Gasteiger partial charge in [0.05, 0.1) is 39.1 Å². The van der Waals surface area contributed by atoms with Gasteiger partial charge < -0.3 is 33.5 Å². The number of hydrogen-bond donors (Lipinski definition) is 1. The molecule has 2 unspecified atom stereocenters. The molecular formula is C44H90O9. The van der Waals surface area contributed by atoms with Crippen LogP contribution in [0.25, 0.3) is 0 Å². The quantitative estimate of drug-likeness (QED) is 0.0485. The third kappa shape index (κ3) is 52.9. The molecule has 0 aromatic carbocycles. The minimum Gasteiger partial charge on any atom is -0.466 e. The van der Waals surface area contributed by atoms with Crippen LogP contribution >= 0.6 is 0 Å². The molecule has 0 aliphatic rings. The summed E-state index contributed by atoms with van der Waals surface area (Å²) in [5, 5.41) is 9.41. The molecule has 53 heavy (non-hydrogen) atoms. The van der Waals surface area contributed by atoms with Crippen LogP contribution in [0.5, 0.6) is 0 Å². The number of ether oxygens (including phenoxy) is 6. The molecule has 0 saturated heterocycles. The average molecular weight is 763 g/mol. The van der Waals surface area contributed by atoms with Crippen LogP contribution in [0.2, 0.25) is 0 Å². The van der Waals surface area contributed by atoms with Gasteiger partial charge in [0.15, 0.2) is 0 Å². The summed E-state index contributed by atoms with van der Waals surface area (Å²) in [6, 6.07) is 0. The Bertz CT molecular complexity index is 692. The lowest BCUT2D eigenvalue weighted by Crippen LogP contribution is -2.21. The first kappa shape index (κ1) is 56.1. The van der Waals surface area contributed by atoms with E-state index >= 15 is 0 Å². The third-order valence-electron chi connectivity index (χ3n) is 8.84. The van der Waals surface area contributed by atoms with Crippen molar-refractivity contribution in [2.24, 2.45) is 0 Å². The number of aliphatic hydroxyl groups excluding tert-OH is 1. The van der Waals surface area contributed by atoms with Gasteiger partial charge in [-0.2, -0.15) is 0 Å². The van der Waals surface area contributed by atoms with Crippen molar-refractivity contribution < 1.29 is 43.1 Å². The molecule has 0 aliphatic carbocycles. The smallest absolute Gasteiger partial charge is 0.305 e. The predicted molar refractivity (Wildman–Crippen MR) is 221 cm³/mol. The van der Waals surface area contributed by atoms with Gasteiger partial charge in [-0.05, 0) is 46.0 Å². The lowest BCUT2D eigenvalue weighted by molar-refractivity contribution is -0.144. The van der Waals surface area contributed by atoms with E-state index in [0.717, 1.165) is 64.6 Å². The Morgan fingerprint density at radius 2 is 0.849 bits per heavy atom. The maximum atomic E-state index is 11.1. The Kier molecular flexibility index (Phi) is 53.7. The Labute approximate surface area is 328 Å². The number of carbonyl (C=O) groups excluding carboxylic acids is 2. The van der Waals surface area contributed by atoms with E-state index in [4.69, 9.17) is 28.4 Å². The molecule has 0 rings (SSSR count). The summed E-state index contributed by atoms with van der Waals surface area (Å²) in [5.41, 5.74) is 0. The Morgan fingerprint density at radius 1 is 0.472 bits per heavy atom. The monoisotopic (exact) mass is 763 g/mol. The zero-order chi connectivity index (χ0) is 39.9. The summed E-state index contributed by atoms with van der Waals surface area (Å²) in [6.07, 6.45) is 31.1. The third-order valence-corrected chi connectivity index (χ3v) is 8.84. The van der Waals surface area contributed by atoms with Gasteiger partial charge in [-0.15, -0.1) is 0 Å². The fourth-order valence-corrected chi connectivity index (χ4v) is 5.64. The zero-order valence-electron chi connectivity index (χ0n) is 36.2. The van der Waals surface area contributed by atoms with Crippen LogP contribution < -0.4 is 0 Å². The number of unbranched alkanes of at least 4 members (excludes halogenated alkanes) is 20. The van der Waals surface area contributed by atoms with Crippen LogP contribution in [0.4, 0.5) is 0 Å². The maximum Gasteiger partial charge on any atom is 0.305 e. The second-order valence-electron chi connectivity index (χ2n) is 14.1. The van der Waals surface area contributed by atoms with Crippen LogP contribution in [0.3, 0.4) is 0 Å². The molecule has 0 heterocycles. The van der Waals surface area contributed by atoms with Gasteiger partial charge in [0.2, 0.25) is 0 Å². The fraction of sp³-hybridized carbons (Fsp3) is 0.955. The van der Waals surface area contributed by atoms with Gasteiger partial charge in [0.1, 0.15) is 6.10 Å². The van der Waals surface area contributed by atoms with Gasteiger partial charge in [-0.3, -0.25) is 9.59 Å². The molecule has 1 N–H and O–H groups in total. The topological polar surface area (TPSA) is 110 Å². The van der Waals surface area contributed by atoms with Crippen molar-refractivity contribution in [3.63, 3.8) is 0 Å². The molecule has 2 atom stereocenters. The lowest BCUT2D eigenvalue weighted by atomic mass is 10.0. The van der Waals surface area contributed by atoms with Gasteiger partial charge in [0.25, 0.3) is 0 Å². The van der Waals surface area contributed by atoms with E-state index in [2.05, 4.69) is 20.8 Å². The summed E-state index contributed by atoms with van der Waals surface area (Å²) in [6.45, 7) is 14.2. The summed E-state index contributed by atoms with van der Waals surface area (Å²) in [7, 11) is 3.29. The Hall–Kier alpha value is -1.26. The van der Waals surface area contributed by atoms with Gasteiger partial charge in [0, 0.05) is 40.3 Å². The molecule has 320 valence electrons. The summed E-state index contributed by atoms with van der Waals surface area (Å²) in [4.78, 5) is 21.9. The first-order valence-electron chi connectivity index (χ1n) is 22.0. The number of carbonyl (C=O) groups is 2. The summed E-state index contributed by atoms with van der Waals surface area (Å²) in [5.74, 6) is -0.131. The van der Waals surface area contributed by atoms with Crippen molar-refractivity contribution in [2.45, 2.75) is 214 Å². The van der Waals surface area contributed by atoms with E-state index in [1.807, 2.05) is 13.8 Å². The number of methoxy groups -OCH3 is 2. The molecular weight excluding hydrogens is 672 g/mol. The zero-order valence-corrected chi connectivity index (χ0v) is 36.2. The first-order chi connectivity index (χ1) is 25.9. The van der Waals surface area contributed by atoms with Crippen LogP contribution in [-0.2, 0) is 38.0 Å². The van der Waals surface area contributed by atoms with Crippen LogP contribution in [0.1, 0.15) is 202 Å². The summed E-state index contributed by atoms with van der Waals surface area (Å²) >= 11 is 0. The number of aliphatic hydroxyl groups is 1. The molecule has 0 bridgehead atoms. The molecule has 0 spiro atoms. The van der Waals surface area contributed by atoms with Gasteiger partial charge in [-0.25, -0.2) is 0 Å². The van der Waals surface area contributed by atoms with Crippen molar-refractivity contribution in [3.8, 4) is 0 Å². The Balaban J connectivity index is -0.000000744. The molecule has 9 nitrogen and oxygen atoms in total. The second-order valence-corrected chi connectivity index (χ2v) is 14.1. The SMILES string of the molecule is CCCCCCCC(=O)OCC.CCCCCCCCCCCCCCCCOCC(O)COC.CCOC(=O)CCCCCCOC(CC)COC. The van der Waals surface area contributed by atoms with E-state index in [1.165, 1.54) is 103 Å². The summed E-state index contributed by atoms with van der Waals surface area (Å²) < 4.78 is 30.7. The molecule has 0 fully saturated rings. The minimum absolute atomic E-state index is 0.0472. The highest BCUT2D eigenvalue weighted by Crippen LogP contribution is 2.13. The van der Waals surface area contributed by atoms with Crippen LogP contribution in [0.15, 0.2) is 0 Å². The predicted octanol–water partition coefficient (Wildman–Crippen LogP) is 11.3.